The molecule has 3 rings (SSSR count). The first-order valence-electron chi connectivity index (χ1n) is 10.8. The van der Waals surface area contributed by atoms with Crippen molar-refractivity contribution in [2.24, 2.45) is 0 Å². The first-order valence-corrected chi connectivity index (χ1v) is 12.2. The first-order chi connectivity index (χ1) is 14.3. The van der Waals surface area contributed by atoms with Crippen molar-refractivity contribution in [2.75, 3.05) is 23.9 Å². The molecule has 0 aromatic heterocycles. The van der Waals surface area contributed by atoms with Crippen LogP contribution in [0.25, 0.3) is 0 Å². The van der Waals surface area contributed by atoms with E-state index in [2.05, 4.69) is 13.8 Å². The third-order valence-corrected chi connectivity index (χ3v) is 7.48. The lowest BCUT2D eigenvalue weighted by atomic mass is 10.0. The van der Waals surface area contributed by atoms with Gasteiger partial charge in [0.2, 0.25) is 5.91 Å². The molecule has 1 amide bonds. The van der Waals surface area contributed by atoms with E-state index in [4.69, 9.17) is 0 Å². The van der Waals surface area contributed by atoms with Crippen LogP contribution in [0.3, 0.4) is 0 Å². The lowest BCUT2D eigenvalue weighted by Crippen LogP contribution is -2.43. The summed E-state index contributed by atoms with van der Waals surface area (Å²) < 4.78 is 28.3. The summed E-state index contributed by atoms with van der Waals surface area (Å²) >= 11 is 0. The minimum atomic E-state index is -3.86. The molecule has 6 heteroatoms. The van der Waals surface area contributed by atoms with Crippen LogP contribution in [-0.2, 0) is 14.8 Å². The van der Waals surface area contributed by atoms with Crippen molar-refractivity contribution >= 4 is 21.6 Å². The van der Waals surface area contributed by atoms with Crippen molar-refractivity contribution in [1.82, 2.24) is 4.90 Å². The van der Waals surface area contributed by atoms with E-state index in [0.29, 0.717) is 24.7 Å². The van der Waals surface area contributed by atoms with Crippen LogP contribution in [-0.4, -0.2) is 38.9 Å². The number of hydrogen-bond acceptors (Lipinski definition) is 3. The average Bonchev–Trinajstić information content (AvgIpc) is 3.02. The van der Waals surface area contributed by atoms with E-state index in [1.165, 1.54) is 4.31 Å². The number of aryl methyl sites for hydroxylation is 1. The van der Waals surface area contributed by atoms with Crippen LogP contribution in [0.15, 0.2) is 53.4 Å². The fourth-order valence-electron chi connectivity index (χ4n) is 3.72. The molecule has 0 bridgehead atoms. The third-order valence-electron chi connectivity index (χ3n) is 5.69. The number of nitrogens with zero attached hydrogens (tertiary/aromatic N) is 2. The Bertz CT molecular complexity index is 943. The number of sulfonamides is 1. The van der Waals surface area contributed by atoms with Gasteiger partial charge in [0.15, 0.2) is 0 Å². The molecule has 0 unspecified atom stereocenters. The van der Waals surface area contributed by atoms with E-state index in [9.17, 15) is 13.2 Å². The maximum Gasteiger partial charge on any atom is 0.264 e. The minimum Gasteiger partial charge on any atom is -0.341 e. The van der Waals surface area contributed by atoms with Gasteiger partial charge in [0, 0.05) is 13.1 Å². The Kier molecular flexibility index (Phi) is 7.19. The molecule has 0 N–H and O–H groups in total. The molecule has 1 heterocycles. The summed E-state index contributed by atoms with van der Waals surface area (Å²) in [7, 11) is -3.86. The molecule has 0 aliphatic carbocycles. The lowest BCUT2D eigenvalue weighted by molar-refractivity contribution is -0.129. The van der Waals surface area contributed by atoms with Crippen LogP contribution in [0.2, 0.25) is 0 Å². The number of carbonyl (C=O) groups is 1. The van der Waals surface area contributed by atoms with E-state index in [1.807, 2.05) is 24.0 Å². The van der Waals surface area contributed by atoms with Crippen molar-refractivity contribution in [1.29, 1.82) is 0 Å². The highest BCUT2D eigenvalue weighted by Gasteiger charge is 2.29. The van der Waals surface area contributed by atoms with Gasteiger partial charge in [-0.15, -0.1) is 0 Å². The zero-order valence-electron chi connectivity index (χ0n) is 18.2. The van der Waals surface area contributed by atoms with Gasteiger partial charge in [0.1, 0.15) is 6.54 Å². The van der Waals surface area contributed by atoms with Crippen LogP contribution in [0.5, 0.6) is 0 Å². The van der Waals surface area contributed by atoms with Crippen LogP contribution in [0.4, 0.5) is 5.69 Å². The smallest absolute Gasteiger partial charge is 0.264 e. The standard InChI is InChI=1S/C24H32N2O3S/c1-19(2)21-10-12-22(13-11-21)26(18-24(27)25-16-6-4-5-7-17-25)30(28,29)23-14-8-20(3)9-15-23/h8-15,19H,4-7,16-18H2,1-3H3. The summed E-state index contributed by atoms with van der Waals surface area (Å²) in [6, 6.07) is 14.3. The number of carbonyl (C=O) groups excluding carboxylic acids is 1. The first kappa shape index (κ1) is 22.3. The maximum atomic E-state index is 13.5. The number of benzene rings is 2. The SMILES string of the molecule is Cc1ccc(S(=O)(=O)N(CC(=O)N2CCCCCC2)c2ccc(C(C)C)cc2)cc1. The quantitative estimate of drug-likeness (QED) is 0.669. The molecule has 0 saturated carbocycles. The van der Waals surface area contributed by atoms with E-state index >= 15 is 0 Å². The highest BCUT2D eigenvalue weighted by atomic mass is 32.2. The van der Waals surface area contributed by atoms with Gasteiger partial charge >= 0.3 is 0 Å². The van der Waals surface area contributed by atoms with Gasteiger partial charge in [-0.05, 0) is 55.5 Å². The molecular formula is C24H32N2O3S. The molecule has 1 aliphatic heterocycles. The summed E-state index contributed by atoms with van der Waals surface area (Å²) in [4.78, 5) is 15.1. The predicted octanol–water partition coefficient (Wildman–Crippen LogP) is 4.72. The number of anilines is 1. The maximum absolute atomic E-state index is 13.5. The predicted molar refractivity (Wildman–Crippen MR) is 121 cm³/mol. The van der Waals surface area contributed by atoms with Crippen molar-refractivity contribution in [3.05, 3.63) is 59.7 Å². The monoisotopic (exact) mass is 428 g/mol. The Morgan fingerprint density at radius 3 is 2.03 bits per heavy atom. The van der Waals surface area contributed by atoms with Crippen LogP contribution in [0.1, 0.15) is 56.6 Å². The second kappa shape index (κ2) is 9.65. The van der Waals surface area contributed by atoms with Crippen molar-refractivity contribution in [2.45, 2.75) is 57.3 Å². The van der Waals surface area contributed by atoms with Gasteiger partial charge in [-0.1, -0.05) is 56.5 Å². The average molecular weight is 429 g/mol. The van der Waals surface area contributed by atoms with Crippen LogP contribution in [0, 0.1) is 6.92 Å². The molecule has 2 aromatic rings. The Morgan fingerprint density at radius 1 is 0.933 bits per heavy atom. The van der Waals surface area contributed by atoms with Crippen LogP contribution < -0.4 is 4.31 Å². The zero-order chi connectivity index (χ0) is 21.7. The van der Waals surface area contributed by atoms with E-state index in [1.54, 1.807) is 36.4 Å². The van der Waals surface area contributed by atoms with Gasteiger partial charge in [-0.25, -0.2) is 8.42 Å². The fourth-order valence-corrected chi connectivity index (χ4v) is 5.14. The molecule has 1 saturated heterocycles. The zero-order valence-corrected chi connectivity index (χ0v) is 19.0. The largest absolute Gasteiger partial charge is 0.341 e. The highest BCUT2D eigenvalue weighted by molar-refractivity contribution is 7.92. The van der Waals surface area contributed by atoms with Crippen molar-refractivity contribution in [3.8, 4) is 0 Å². The molecule has 5 nitrogen and oxygen atoms in total. The second-order valence-electron chi connectivity index (χ2n) is 8.37. The normalized spacial score (nSPS) is 15.1. The molecule has 30 heavy (non-hydrogen) atoms. The van der Waals surface area contributed by atoms with Gasteiger partial charge < -0.3 is 4.90 Å². The van der Waals surface area contributed by atoms with E-state index in [-0.39, 0.29) is 17.3 Å². The fraction of sp³-hybridized carbons (Fsp3) is 0.458. The lowest BCUT2D eigenvalue weighted by Gasteiger charge is -2.28. The van der Waals surface area contributed by atoms with Crippen LogP contribution >= 0.6 is 0 Å². The number of rotatable bonds is 6. The van der Waals surface area contributed by atoms with E-state index < -0.39 is 10.0 Å². The second-order valence-corrected chi connectivity index (χ2v) is 10.2. The molecule has 1 aliphatic rings. The van der Waals surface area contributed by atoms with Crippen molar-refractivity contribution < 1.29 is 13.2 Å². The molecule has 162 valence electrons. The molecule has 0 radical (unpaired) electrons. The minimum absolute atomic E-state index is 0.138. The Balaban J connectivity index is 1.95. The van der Waals surface area contributed by atoms with Gasteiger partial charge in [0.25, 0.3) is 10.0 Å². The molecule has 1 fully saturated rings. The van der Waals surface area contributed by atoms with Crippen molar-refractivity contribution in [3.63, 3.8) is 0 Å². The number of hydrogen-bond donors (Lipinski definition) is 0. The van der Waals surface area contributed by atoms with Gasteiger partial charge in [-0.3, -0.25) is 9.10 Å². The third kappa shape index (κ3) is 5.22. The summed E-state index contributed by atoms with van der Waals surface area (Å²) in [5.41, 5.74) is 2.64. The highest BCUT2D eigenvalue weighted by Crippen LogP contribution is 2.26. The summed E-state index contributed by atoms with van der Waals surface area (Å²) in [5, 5.41) is 0. The van der Waals surface area contributed by atoms with Gasteiger partial charge in [-0.2, -0.15) is 0 Å². The Morgan fingerprint density at radius 2 is 1.50 bits per heavy atom. The summed E-state index contributed by atoms with van der Waals surface area (Å²) in [6.45, 7) is 7.32. The van der Waals surface area contributed by atoms with E-state index in [0.717, 1.165) is 36.8 Å². The molecule has 0 atom stereocenters. The molecular weight excluding hydrogens is 396 g/mol. The Hall–Kier alpha value is -2.34. The van der Waals surface area contributed by atoms with Gasteiger partial charge in [0.05, 0.1) is 10.6 Å². The number of amides is 1. The molecule has 2 aromatic carbocycles. The number of likely N-dealkylation sites (tertiary alicyclic amines) is 1. The topological polar surface area (TPSA) is 57.7 Å². The molecule has 0 spiro atoms. The Labute approximate surface area is 180 Å². The summed E-state index contributed by atoms with van der Waals surface area (Å²) in [6.07, 6.45) is 4.18. The summed E-state index contributed by atoms with van der Waals surface area (Å²) in [5.74, 6) is 0.209.